The standard InChI is InChI=1S/C34H44N4O10/c1-19(2)27-33(45)47-17-26-28(40)29(41)34(46,48-26)18-35-24(16-21-10-12-22(39)13-11-21)32(44)38-14-6-9-25(38)31(43)36-23(30(42)37-27)15-20-7-4-3-5-8-20/h3-5,7-8,10-13,19,23-29,35,39-41,46H,6,9,14-18H2,1-2H3,(H,36,43)(H,37,42)/t23-,24-,25-,26+,27-,28+,29-,34+/m0/s1. The number of aliphatic hydroxyl groups excluding tert-OH is 2. The summed E-state index contributed by atoms with van der Waals surface area (Å²) in [5, 5.41) is 51.0. The van der Waals surface area contributed by atoms with Crippen LogP contribution in [0.4, 0.5) is 0 Å². The Hall–Kier alpha value is -4.08. The van der Waals surface area contributed by atoms with Gasteiger partial charge in [-0.2, -0.15) is 0 Å². The van der Waals surface area contributed by atoms with Crippen molar-refractivity contribution in [3.63, 3.8) is 0 Å². The van der Waals surface area contributed by atoms with Crippen LogP contribution in [-0.4, -0.2) is 117 Å². The SMILES string of the molecule is CC(C)[C@@H]1NC(=O)[C@H](Cc2ccccc2)NC(=O)[C@@H]2CCCN2C(=O)[C@H](Cc2ccc(O)cc2)NC[C@@]2(O)O[C@H](COC1=O)[C@@H](O)[C@@H]2O. The van der Waals surface area contributed by atoms with Gasteiger partial charge in [0.1, 0.15) is 48.8 Å². The molecule has 0 aliphatic carbocycles. The molecule has 3 fully saturated rings. The molecule has 2 bridgehead atoms. The number of carbonyl (C=O) groups excluding carboxylic acids is 4. The van der Waals surface area contributed by atoms with Crippen molar-refractivity contribution in [3.05, 3.63) is 65.7 Å². The molecule has 3 aliphatic rings. The summed E-state index contributed by atoms with van der Waals surface area (Å²) in [6.45, 7) is 2.61. The van der Waals surface area contributed by atoms with Gasteiger partial charge in [-0.3, -0.25) is 14.4 Å². The maximum Gasteiger partial charge on any atom is 0.328 e. The number of nitrogens with zero attached hydrogens (tertiary/aromatic N) is 1. The lowest BCUT2D eigenvalue weighted by atomic mass is 10.0. The number of fused-ring (bicyclic) bond motifs is 3. The van der Waals surface area contributed by atoms with Gasteiger partial charge in [0.15, 0.2) is 0 Å². The molecule has 0 spiro atoms. The molecule has 3 amide bonds. The van der Waals surface area contributed by atoms with Gasteiger partial charge in [-0.1, -0.05) is 56.3 Å². The van der Waals surface area contributed by atoms with Crippen LogP contribution in [-0.2, 0) is 41.5 Å². The number of hydrogen-bond acceptors (Lipinski definition) is 11. The zero-order valence-electron chi connectivity index (χ0n) is 27.0. The van der Waals surface area contributed by atoms with Crippen molar-refractivity contribution in [3.8, 4) is 5.75 Å². The summed E-state index contributed by atoms with van der Waals surface area (Å²) in [5.74, 6) is -5.23. The zero-order chi connectivity index (χ0) is 34.6. The van der Waals surface area contributed by atoms with Crippen LogP contribution >= 0.6 is 0 Å². The molecule has 3 saturated heterocycles. The number of phenolic OH excluding ortho intramolecular Hbond substituents is 1. The van der Waals surface area contributed by atoms with Crippen LogP contribution in [0, 0.1) is 5.92 Å². The van der Waals surface area contributed by atoms with Gasteiger partial charge in [-0.15, -0.1) is 0 Å². The smallest absolute Gasteiger partial charge is 0.328 e. The molecule has 0 unspecified atom stereocenters. The van der Waals surface area contributed by atoms with Gasteiger partial charge in [0, 0.05) is 13.0 Å². The highest BCUT2D eigenvalue weighted by Gasteiger charge is 2.54. The van der Waals surface area contributed by atoms with Crippen LogP contribution in [0.15, 0.2) is 54.6 Å². The number of carbonyl (C=O) groups is 4. The van der Waals surface area contributed by atoms with E-state index in [1.54, 1.807) is 38.1 Å². The van der Waals surface area contributed by atoms with Crippen molar-refractivity contribution in [2.24, 2.45) is 5.92 Å². The molecular formula is C34H44N4O10. The number of aromatic hydroxyl groups is 1. The fourth-order valence-corrected chi connectivity index (χ4v) is 6.37. The predicted octanol–water partition coefficient (Wildman–Crippen LogP) is -0.882. The van der Waals surface area contributed by atoms with E-state index in [4.69, 9.17) is 9.47 Å². The number of nitrogens with one attached hydrogen (secondary N) is 3. The van der Waals surface area contributed by atoms with Crippen LogP contribution in [0.2, 0.25) is 0 Å². The number of aliphatic hydroxyl groups is 3. The second kappa shape index (κ2) is 15.0. The maximum atomic E-state index is 14.1. The fourth-order valence-electron chi connectivity index (χ4n) is 6.37. The van der Waals surface area contributed by atoms with Gasteiger partial charge in [0.25, 0.3) is 0 Å². The lowest BCUT2D eigenvalue weighted by molar-refractivity contribution is -0.229. The highest BCUT2D eigenvalue weighted by molar-refractivity contribution is 5.94. The zero-order valence-corrected chi connectivity index (χ0v) is 27.0. The average Bonchev–Trinajstić information content (AvgIpc) is 3.64. The summed E-state index contributed by atoms with van der Waals surface area (Å²) >= 11 is 0. The molecule has 48 heavy (non-hydrogen) atoms. The molecule has 260 valence electrons. The first-order chi connectivity index (χ1) is 22.9. The molecule has 0 aromatic heterocycles. The normalized spacial score (nSPS) is 32.2. The third kappa shape index (κ3) is 7.96. The van der Waals surface area contributed by atoms with Gasteiger partial charge in [0.2, 0.25) is 23.5 Å². The van der Waals surface area contributed by atoms with Crippen LogP contribution < -0.4 is 16.0 Å². The number of esters is 1. The van der Waals surface area contributed by atoms with Crippen molar-refractivity contribution in [1.29, 1.82) is 0 Å². The molecular weight excluding hydrogens is 624 g/mol. The number of benzene rings is 2. The van der Waals surface area contributed by atoms with E-state index in [1.165, 1.54) is 17.0 Å². The second-order valence-electron chi connectivity index (χ2n) is 13.0. The van der Waals surface area contributed by atoms with Crippen molar-refractivity contribution < 1.29 is 49.1 Å². The van der Waals surface area contributed by atoms with E-state index < -0.39 is 91.0 Å². The third-order valence-corrected chi connectivity index (χ3v) is 9.16. The molecule has 3 heterocycles. The Morgan fingerprint density at radius 3 is 2.27 bits per heavy atom. The number of hydrogen-bond donors (Lipinski definition) is 7. The van der Waals surface area contributed by atoms with Crippen molar-refractivity contribution in [2.75, 3.05) is 19.7 Å². The Labute approximate surface area is 278 Å². The van der Waals surface area contributed by atoms with E-state index in [0.29, 0.717) is 18.4 Å². The second-order valence-corrected chi connectivity index (χ2v) is 13.0. The molecule has 5 rings (SSSR count). The summed E-state index contributed by atoms with van der Waals surface area (Å²) < 4.78 is 11.0. The maximum absolute atomic E-state index is 14.1. The molecule has 0 saturated carbocycles. The number of phenols is 1. The van der Waals surface area contributed by atoms with Gasteiger partial charge in [-0.05, 0) is 48.4 Å². The number of ether oxygens (including phenoxy) is 2. The number of β-amino-alcohol motifs (C(OH)–C–C–N with tert-alkyl or cyclic N) is 1. The Morgan fingerprint density at radius 2 is 1.58 bits per heavy atom. The van der Waals surface area contributed by atoms with E-state index in [1.807, 2.05) is 18.2 Å². The van der Waals surface area contributed by atoms with E-state index in [2.05, 4.69) is 16.0 Å². The molecule has 2 aromatic rings. The molecule has 14 nitrogen and oxygen atoms in total. The van der Waals surface area contributed by atoms with Crippen LogP contribution in [0.1, 0.15) is 37.8 Å². The van der Waals surface area contributed by atoms with E-state index in [0.717, 1.165) is 5.56 Å². The van der Waals surface area contributed by atoms with Gasteiger partial charge < -0.3 is 50.8 Å². The average molecular weight is 669 g/mol. The highest BCUT2D eigenvalue weighted by atomic mass is 16.7. The van der Waals surface area contributed by atoms with Crippen molar-refractivity contribution in [2.45, 2.75) is 87.8 Å². The quantitative estimate of drug-likeness (QED) is 0.195. The first-order valence-corrected chi connectivity index (χ1v) is 16.3. The summed E-state index contributed by atoms with van der Waals surface area (Å²) in [7, 11) is 0. The van der Waals surface area contributed by atoms with E-state index in [-0.39, 0.29) is 25.1 Å². The largest absolute Gasteiger partial charge is 0.508 e. The minimum Gasteiger partial charge on any atom is -0.508 e. The van der Waals surface area contributed by atoms with Gasteiger partial charge >= 0.3 is 5.97 Å². The summed E-state index contributed by atoms with van der Waals surface area (Å²) in [5.41, 5.74) is 1.42. The highest BCUT2D eigenvalue weighted by Crippen LogP contribution is 2.30. The van der Waals surface area contributed by atoms with E-state index in [9.17, 15) is 39.6 Å². The van der Waals surface area contributed by atoms with Crippen molar-refractivity contribution in [1.82, 2.24) is 20.9 Å². The fraction of sp³-hybridized carbons (Fsp3) is 0.529. The number of rotatable bonds is 5. The Bertz CT molecular complexity index is 1460. The topological polar surface area (TPSA) is 207 Å². The number of cyclic esters (lactones) is 1. The van der Waals surface area contributed by atoms with E-state index >= 15 is 0 Å². The minimum atomic E-state index is -2.37. The summed E-state index contributed by atoms with van der Waals surface area (Å²) in [4.78, 5) is 56.4. The number of amides is 3. The Morgan fingerprint density at radius 1 is 0.917 bits per heavy atom. The predicted molar refractivity (Wildman–Crippen MR) is 170 cm³/mol. The van der Waals surface area contributed by atoms with Crippen LogP contribution in [0.5, 0.6) is 5.75 Å². The Balaban J connectivity index is 1.48. The van der Waals surface area contributed by atoms with Crippen LogP contribution in [0.3, 0.4) is 0 Å². The molecule has 3 aliphatic heterocycles. The Kier molecular flexibility index (Phi) is 11.0. The third-order valence-electron chi connectivity index (χ3n) is 9.16. The monoisotopic (exact) mass is 668 g/mol. The van der Waals surface area contributed by atoms with Gasteiger partial charge in [-0.25, -0.2) is 4.79 Å². The summed E-state index contributed by atoms with van der Waals surface area (Å²) in [6, 6.07) is 11.1. The molecule has 2 aromatic carbocycles. The first-order valence-electron chi connectivity index (χ1n) is 16.3. The molecule has 0 radical (unpaired) electrons. The molecule has 8 atom stereocenters. The van der Waals surface area contributed by atoms with Gasteiger partial charge in [0.05, 0.1) is 12.6 Å². The first kappa shape index (κ1) is 35.2. The lowest BCUT2D eigenvalue weighted by Gasteiger charge is -2.33. The summed E-state index contributed by atoms with van der Waals surface area (Å²) in [6.07, 6.45) is -3.75. The van der Waals surface area contributed by atoms with Crippen LogP contribution in [0.25, 0.3) is 0 Å². The molecule has 7 N–H and O–H groups in total. The lowest BCUT2D eigenvalue weighted by Crippen LogP contribution is -2.59. The van der Waals surface area contributed by atoms with Crippen molar-refractivity contribution >= 4 is 23.7 Å². The molecule has 14 heteroatoms. The minimum absolute atomic E-state index is 0.0327.